The van der Waals surface area contributed by atoms with Crippen LogP contribution >= 0.6 is 7.14 Å². The van der Waals surface area contributed by atoms with Crippen LogP contribution in [0.5, 0.6) is 0 Å². The van der Waals surface area contributed by atoms with Crippen molar-refractivity contribution in [2.75, 3.05) is 77.4 Å². The molecule has 2 atom stereocenters. The highest BCUT2D eigenvalue weighted by molar-refractivity contribution is 7.70. The molecular weight excluding hydrogens is 592 g/mol. The van der Waals surface area contributed by atoms with Gasteiger partial charge in [0.1, 0.15) is 26.6 Å². The molecule has 9 nitrogen and oxygen atoms in total. The van der Waals surface area contributed by atoms with E-state index in [1.807, 2.05) is 12.1 Å². The van der Waals surface area contributed by atoms with E-state index in [1.165, 1.54) is 39.0 Å². The van der Waals surface area contributed by atoms with E-state index in [2.05, 4.69) is 83.3 Å². The Morgan fingerprint density at radius 3 is 2.39 bits per heavy atom. The molecule has 0 spiro atoms. The SMILES string of the molecule is [B]c1cnc(NC2=CC(C)(CC)C(N3CCC(N4CCN(C)CC4)CC3)C=C2OC)nc1Nc1ccc(C(C)C)cc1P(C)(C)=O. The minimum atomic E-state index is -2.58. The number of rotatable bonds is 10. The third-order valence-electron chi connectivity index (χ3n) is 10.2. The molecule has 2 aromatic rings. The summed E-state index contributed by atoms with van der Waals surface area (Å²) >= 11 is 0. The van der Waals surface area contributed by atoms with Gasteiger partial charge in [0.25, 0.3) is 0 Å². The Balaban J connectivity index is 1.33. The number of nitrogens with one attached hydrogen (secondary N) is 2. The fourth-order valence-electron chi connectivity index (χ4n) is 6.99. The van der Waals surface area contributed by atoms with Crippen molar-refractivity contribution in [1.29, 1.82) is 0 Å². The Labute approximate surface area is 278 Å². The van der Waals surface area contributed by atoms with Crippen molar-refractivity contribution in [2.24, 2.45) is 5.41 Å². The number of nitrogens with zero attached hydrogens (tertiary/aromatic N) is 5. The van der Waals surface area contributed by atoms with Crippen LogP contribution in [0, 0.1) is 5.41 Å². The predicted octanol–water partition coefficient (Wildman–Crippen LogP) is 4.72. The van der Waals surface area contributed by atoms with Gasteiger partial charge in [-0.25, -0.2) is 4.98 Å². The molecule has 2 radical (unpaired) electrons. The van der Waals surface area contributed by atoms with Crippen LogP contribution in [0.1, 0.15) is 58.4 Å². The molecule has 2 aliphatic heterocycles. The molecule has 1 aliphatic carbocycles. The molecule has 46 heavy (non-hydrogen) atoms. The van der Waals surface area contributed by atoms with Crippen molar-refractivity contribution >= 4 is 43.2 Å². The summed E-state index contributed by atoms with van der Waals surface area (Å²) in [5, 5.41) is 7.57. The third-order valence-corrected chi connectivity index (χ3v) is 11.8. The van der Waals surface area contributed by atoms with E-state index < -0.39 is 7.14 Å². The fraction of sp³-hybridized carbons (Fsp3) is 0.600. The molecule has 11 heteroatoms. The molecule has 0 saturated carbocycles. The number of piperidine rings is 1. The van der Waals surface area contributed by atoms with Crippen molar-refractivity contribution in [1.82, 2.24) is 24.7 Å². The highest BCUT2D eigenvalue weighted by atomic mass is 31.2. The van der Waals surface area contributed by atoms with Crippen LogP contribution in [0.15, 0.2) is 48.0 Å². The van der Waals surface area contributed by atoms with Gasteiger partial charge in [0, 0.05) is 68.3 Å². The molecule has 248 valence electrons. The number of methoxy groups -OCH3 is 1. The van der Waals surface area contributed by atoms with Gasteiger partial charge in [0.15, 0.2) is 0 Å². The first-order chi connectivity index (χ1) is 21.8. The van der Waals surface area contributed by atoms with Crippen molar-refractivity contribution in [3.8, 4) is 0 Å². The maximum atomic E-state index is 13.3. The number of benzene rings is 1. The summed E-state index contributed by atoms with van der Waals surface area (Å²) in [4.78, 5) is 17.0. The van der Waals surface area contributed by atoms with E-state index in [-0.39, 0.29) is 11.5 Å². The topological polar surface area (TPSA) is 85.9 Å². The summed E-state index contributed by atoms with van der Waals surface area (Å²) in [5.41, 5.74) is 3.03. The van der Waals surface area contributed by atoms with E-state index in [0.29, 0.717) is 29.2 Å². The van der Waals surface area contributed by atoms with Gasteiger partial charge in [-0.05, 0) is 80.9 Å². The van der Waals surface area contributed by atoms with Crippen LogP contribution in [-0.4, -0.2) is 111 Å². The van der Waals surface area contributed by atoms with E-state index in [0.717, 1.165) is 47.5 Å². The summed E-state index contributed by atoms with van der Waals surface area (Å²) in [6, 6.07) is 6.97. The number of likely N-dealkylation sites (N-methyl/N-ethyl adjacent to an activating group) is 1. The minimum Gasteiger partial charge on any atom is -0.495 e. The van der Waals surface area contributed by atoms with E-state index in [9.17, 15) is 4.57 Å². The van der Waals surface area contributed by atoms with Crippen molar-refractivity contribution in [3.63, 3.8) is 0 Å². The highest BCUT2D eigenvalue weighted by Gasteiger charge is 2.40. The Morgan fingerprint density at radius 1 is 1.09 bits per heavy atom. The number of piperazine rings is 1. The smallest absolute Gasteiger partial charge is 0.229 e. The first-order valence-electron chi connectivity index (χ1n) is 16.8. The Hall–Kier alpha value is -2.65. The largest absolute Gasteiger partial charge is 0.495 e. The van der Waals surface area contributed by atoms with Crippen LogP contribution < -0.4 is 21.4 Å². The first-order valence-corrected chi connectivity index (χ1v) is 19.4. The second kappa shape index (κ2) is 14.2. The van der Waals surface area contributed by atoms with E-state index >= 15 is 0 Å². The van der Waals surface area contributed by atoms with Gasteiger partial charge in [0.2, 0.25) is 5.95 Å². The van der Waals surface area contributed by atoms with E-state index in [4.69, 9.17) is 17.6 Å². The summed E-state index contributed by atoms with van der Waals surface area (Å²) in [6.07, 6.45) is 9.56. The fourth-order valence-corrected chi connectivity index (χ4v) is 8.16. The number of ether oxygens (including phenoxy) is 1. The van der Waals surface area contributed by atoms with Gasteiger partial charge >= 0.3 is 0 Å². The number of likely N-dealkylation sites (tertiary alicyclic amines) is 1. The first kappa shape index (κ1) is 34.7. The lowest BCUT2D eigenvalue weighted by Gasteiger charge is -2.48. The zero-order chi connectivity index (χ0) is 33.2. The summed E-state index contributed by atoms with van der Waals surface area (Å²) in [6.45, 7) is 19.3. The molecule has 2 N–H and O–H groups in total. The summed E-state index contributed by atoms with van der Waals surface area (Å²) in [7, 11) is 7.71. The van der Waals surface area contributed by atoms with Crippen molar-refractivity contribution in [2.45, 2.75) is 65.0 Å². The molecule has 0 bridgehead atoms. The Bertz CT molecular complexity index is 1490. The molecule has 2 unspecified atom stereocenters. The number of aromatic nitrogens is 2. The lowest BCUT2D eigenvalue weighted by atomic mass is 9.74. The Kier molecular flexibility index (Phi) is 10.7. The maximum Gasteiger partial charge on any atom is 0.229 e. The lowest BCUT2D eigenvalue weighted by molar-refractivity contribution is 0.0409. The van der Waals surface area contributed by atoms with Gasteiger partial charge in [-0.3, -0.25) is 9.80 Å². The molecule has 1 aromatic carbocycles. The van der Waals surface area contributed by atoms with Gasteiger partial charge in [-0.1, -0.05) is 33.8 Å². The van der Waals surface area contributed by atoms with Gasteiger partial charge in [-0.15, -0.1) is 0 Å². The molecular formula is C35H53BN7O2P. The third kappa shape index (κ3) is 7.73. The van der Waals surface area contributed by atoms with Crippen LogP contribution in [-0.2, 0) is 9.30 Å². The average molecular weight is 646 g/mol. The monoisotopic (exact) mass is 645 g/mol. The number of anilines is 3. The van der Waals surface area contributed by atoms with Gasteiger partial charge in [-0.2, -0.15) is 4.98 Å². The normalized spacial score (nSPS) is 24.1. The van der Waals surface area contributed by atoms with Crippen LogP contribution in [0.25, 0.3) is 0 Å². The Morgan fingerprint density at radius 2 is 1.78 bits per heavy atom. The summed E-state index contributed by atoms with van der Waals surface area (Å²) in [5.74, 6) is 1.99. The van der Waals surface area contributed by atoms with Crippen LogP contribution in [0.2, 0.25) is 0 Å². The lowest BCUT2D eigenvalue weighted by Crippen LogP contribution is -2.55. The van der Waals surface area contributed by atoms with Crippen molar-refractivity contribution < 1.29 is 9.30 Å². The minimum absolute atomic E-state index is 0.101. The standard InChI is InChI=1S/C35H53BN7O2P/c1-9-35(4)22-29(30(45-6)21-32(35)43-14-12-26(13-15-43)42-18-16-41(5)17-19-42)39-34-37-23-27(36)33(40-34)38-28-11-10-25(24(2)3)20-31(28)46(7,8)44/h10-11,20-24,26,32H,9,12-19H2,1-8H3,(H2,37,38,39,40). The van der Waals surface area contributed by atoms with Crippen molar-refractivity contribution in [3.05, 3.63) is 53.6 Å². The number of hydrogen-bond acceptors (Lipinski definition) is 9. The quantitative estimate of drug-likeness (QED) is 0.282. The zero-order valence-corrected chi connectivity index (χ0v) is 30.0. The van der Waals surface area contributed by atoms with Crippen LogP contribution in [0.3, 0.4) is 0 Å². The second-order valence-corrected chi connectivity index (χ2v) is 17.4. The second-order valence-electron chi connectivity index (χ2n) is 14.2. The number of hydrogen-bond donors (Lipinski definition) is 2. The molecule has 1 aromatic heterocycles. The maximum absolute atomic E-state index is 13.3. The van der Waals surface area contributed by atoms with Gasteiger partial charge in [0.05, 0.1) is 18.5 Å². The molecule has 5 rings (SSSR count). The van der Waals surface area contributed by atoms with Gasteiger partial charge < -0.3 is 24.8 Å². The highest BCUT2D eigenvalue weighted by Crippen LogP contribution is 2.41. The molecule has 2 saturated heterocycles. The van der Waals surface area contributed by atoms with E-state index in [1.54, 1.807) is 26.6 Å². The summed E-state index contributed by atoms with van der Waals surface area (Å²) < 4.78 is 19.2. The predicted molar refractivity (Wildman–Crippen MR) is 193 cm³/mol. The molecule has 3 aliphatic rings. The molecule has 3 heterocycles. The molecule has 0 amide bonds. The van der Waals surface area contributed by atoms with Crippen LogP contribution in [0.4, 0.5) is 17.5 Å². The average Bonchev–Trinajstić information content (AvgIpc) is 3.03. The zero-order valence-electron chi connectivity index (χ0n) is 29.1. The molecule has 2 fully saturated rings.